The van der Waals surface area contributed by atoms with Gasteiger partial charge in [0.05, 0.1) is 34.2 Å². The Morgan fingerprint density at radius 1 is 0.526 bits per heavy atom. The number of rotatable bonds is 4. The first-order valence-corrected chi connectivity index (χ1v) is 13.5. The number of nitrogens with zero attached hydrogens (tertiary/aromatic N) is 3. The lowest BCUT2D eigenvalue weighted by atomic mass is 9.93. The molecule has 196 valence electrons. The van der Waals surface area contributed by atoms with Crippen LogP contribution in [0.2, 0.25) is 0 Å². The van der Waals surface area contributed by atoms with E-state index in [2.05, 4.69) is 113 Å². The highest BCUT2D eigenvalue weighted by Crippen LogP contribution is 2.35. The molecule has 1 aromatic heterocycles. The molecule has 3 nitrogen and oxygen atoms in total. The molecule has 0 unspecified atom stereocenters. The molecule has 0 N–H and O–H groups in total. The number of benzene rings is 3. The van der Waals surface area contributed by atoms with Crippen molar-refractivity contribution in [3.8, 4) is 0 Å². The molecule has 1 heterocycles. The van der Waals surface area contributed by atoms with E-state index in [1.807, 2.05) is 0 Å². The molecule has 0 aliphatic carbocycles. The molecule has 0 aliphatic heterocycles. The van der Waals surface area contributed by atoms with Crippen LogP contribution in [0, 0.1) is 69.2 Å². The Bertz CT molecular complexity index is 1610. The van der Waals surface area contributed by atoms with Crippen molar-refractivity contribution in [3.05, 3.63) is 97.4 Å². The van der Waals surface area contributed by atoms with Gasteiger partial charge in [-0.05, 0) is 150 Å². The number of pyridine rings is 1. The summed E-state index contributed by atoms with van der Waals surface area (Å²) < 4.78 is 0. The van der Waals surface area contributed by atoms with Gasteiger partial charge >= 0.3 is 0 Å². The number of aliphatic imine (C=N–C) groups is 2. The second-order valence-corrected chi connectivity index (χ2v) is 10.9. The molecule has 4 aromatic rings. The summed E-state index contributed by atoms with van der Waals surface area (Å²) in [4.78, 5) is 15.5. The van der Waals surface area contributed by atoms with Crippen molar-refractivity contribution in [2.45, 2.75) is 83.1 Å². The van der Waals surface area contributed by atoms with E-state index in [-0.39, 0.29) is 0 Å². The zero-order chi connectivity index (χ0) is 28.0. The third-order valence-electron chi connectivity index (χ3n) is 8.93. The highest BCUT2D eigenvalue weighted by Gasteiger charge is 2.16. The lowest BCUT2D eigenvalue weighted by Gasteiger charge is -2.17. The van der Waals surface area contributed by atoms with Crippen LogP contribution in [0.25, 0.3) is 10.8 Å². The average molecular weight is 504 g/mol. The highest BCUT2D eigenvalue weighted by molar-refractivity contribution is 6.11. The minimum Gasteiger partial charge on any atom is -0.251 e. The summed E-state index contributed by atoms with van der Waals surface area (Å²) in [7, 11) is 0. The Labute approximate surface area is 228 Å². The van der Waals surface area contributed by atoms with Gasteiger partial charge in [0.25, 0.3) is 0 Å². The standard InChI is InChI=1S/C35H41N3/c1-18-20(3)24(7)33(25(8)21(18)4)36-28(11)32-17-30-15-13-14-16-31(30)35(38-32)29(12)37-34-26(9)22(5)19(2)23(6)27(34)10/h13-17H,1-12H3. The number of fused-ring (bicyclic) bond motifs is 1. The fourth-order valence-electron chi connectivity index (χ4n) is 5.40. The molecular weight excluding hydrogens is 462 g/mol. The molecule has 0 saturated heterocycles. The molecule has 3 heteroatoms. The minimum atomic E-state index is 0.882. The fraction of sp³-hybridized carbons (Fsp3) is 0.343. The summed E-state index contributed by atoms with van der Waals surface area (Å²) in [5.74, 6) is 0. The van der Waals surface area contributed by atoms with Gasteiger partial charge < -0.3 is 0 Å². The van der Waals surface area contributed by atoms with Crippen molar-refractivity contribution in [1.29, 1.82) is 0 Å². The fourth-order valence-corrected chi connectivity index (χ4v) is 5.40. The summed E-state index contributed by atoms with van der Waals surface area (Å²) in [5, 5.41) is 2.25. The van der Waals surface area contributed by atoms with Crippen LogP contribution in [-0.4, -0.2) is 16.4 Å². The molecule has 0 atom stereocenters. The van der Waals surface area contributed by atoms with Crippen LogP contribution in [0.15, 0.2) is 40.3 Å². The van der Waals surface area contributed by atoms with Crippen molar-refractivity contribution < 1.29 is 0 Å². The van der Waals surface area contributed by atoms with Crippen LogP contribution in [0.3, 0.4) is 0 Å². The van der Waals surface area contributed by atoms with Crippen molar-refractivity contribution in [2.75, 3.05) is 0 Å². The Morgan fingerprint density at radius 2 is 0.921 bits per heavy atom. The maximum absolute atomic E-state index is 5.20. The molecule has 0 radical (unpaired) electrons. The third-order valence-corrected chi connectivity index (χ3v) is 8.93. The first-order valence-electron chi connectivity index (χ1n) is 13.5. The van der Waals surface area contributed by atoms with Gasteiger partial charge in [0, 0.05) is 5.39 Å². The smallest absolute Gasteiger partial charge is 0.0928 e. The molecule has 0 amide bonds. The molecular formula is C35H41N3. The van der Waals surface area contributed by atoms with Gasteiger partial charge in [0.2, 0.25) is 0 Å². The summed E-state index contributed by atoms with van der Waals surface area (Å²) in [6, 6.07) is 10.6. The Balaban J connectivity index is 1.94. The lowest BCUT2D eigenvalue weighted by Crippen LogP contribution is -2.08. The molecule has 38 heavy (non-hydrogen) atoms. The summed E-state index contributed by atoms with van der Waals surface area (Å²) in [6.07, 6.45) is 0. The van der Waals surface area contributed by atoms with Crippen LogP contribution in [0.5, 0.6) is 0 Å². The molecule has 0 fully saturated rings. The van der Waals surface area contributed by atoms with Gasteiger partial charge in [-0.25, -0.2) is 4.98 Å². The predicted octanol–water partition coefficient (Wildman–Crippen LogP) is 9.60. The second kappa shape index (κ2) is 10.3. The largest absolute Gasteiger partial charge is 0.251 e. The molecule has 0 spiro atoms. The Kier molecular flexibility index (Phi) is 7.43. The van der Waals surface area contributed by atoms with E-state index in [0.717, 1.165) is 45.0 Å². The monoisotopic (exact) mass is 503 g/mol. The maximum atomic E-state index is 5.20. The van der Waals surface area contributed by atoms with Gasteiger partial charge in [-0.1, -0.05) is 24.3 Å². The quantitative estimate of drug-likeness (QED) is 0.255. The number of hydrogen-bond acceptors (Lipinski definition) is 3. The van der Waals surface area contributed by atoms with Gasteiger partial charge in [0.15, 0.2) is 0 Å². The van der Waals surface area contributed by atoms with Gasteiger partial charge in [0.1, 0.15) is 0 Å². The summed E-state index contributed by atoms with van der Waals surface area (Å²) >= 11 is 0. The van der Waals surface area contributed by atoms with E-state index in [1.165, 1.54) is 55.6 Å². The van der Waals surface area contributed by atoms with Crippen molar-refractivity contribution in [2.24, 2.45) is 9.98 Å². The van der Waals surface area contributed by atoms with Gasteiger partial charge in [-0.2, -0.15) is 0 Å². The Morgan fingerprint density at radius 3 is 1.39 bits per heavy atom. The first kappa shape index (κ1) is 27.4. The summed E-state index contributed by atoms with van der Waals surface area (Å²) in [6.45, 7) is 26.0. The van der Waals surface area contributed by atoms with Crippen LogP contribution >= 0.6 is 0 Å². The third kappa shape index (κ3) is 4.60. The zero-order valence-corrected chi connectivity index (χ0v) is 25.2. The average Bonchev–Trinajstić information content (AvgIpc) is 2.92. The molecule has 3 aromatic carbocycles. The van der Waals surface area contributed by atoms with Crippen LogP contribution in [0.4, 0.5) is 11.4 Å². The maximum Gasteiger partial charge on any atom is 0.0928 e. The SMILES string of the molecule is CC(=Nc1c(C)c(C)c(C)c(C)c1C)c1cc2ccccc2c(C(C)=Nc2c(C)c(C)c(C)c(C)c2C)n1. The van der Waals surface area contributed by atoms with Crippen molar-refractivity contribution >= 4 is 33.6 Å². The van der Waals surface area contributed by atoms with Gasteiger partial charge in [-0.15, -0.1) is 0 Å². The van der Waals surface area contributed by atoms with Crippen LogP contribution in [-0.2, 0) is 0 Å². The second-order valence-electron chi connectivity index (χ2n) is 10.9. The summed E-state index contributed by atoms with van der Waals surface area (Å²) in [5.41, 5.74) is 18.6. The number of aromatic nitrogens is 1. The molecule has 0 saturated carbocycles. The van der Waals surface area contributed by atoms with E-state index in [9.17, 15) is 0 Å². The van der Waals surface area contributed by atoms with E-state index in [0.29, 0.717) is 0 Å². The van der Waals surface area contributed by atoms with E-state index >= 15 is 0 Å². The van der Waals surface area contributed by atoms with Crippen molar-refractivity contribution in [1.82, 2.24) is 4.98 Å². The normalized spacial score (nSPS) is 12.5. The van der Waals surface area contributed by atoms with E-state index in [1.54, 1.807) is 0 Å². The van der Waals surface area contributed by atoms with E-state index in [4.69, 9.17) is 15.0 Å². The minimum absolute atomic E-state index is 0.882. The molecule has 4 rings (SSSR count). The van der Waals surface area contributed by atoms with Crippen LogP contribution < -0.4 is 0 Å². The van der Waals surface area contributed by atoms with Crippen LogP contribution in [0.1, 0.15) is 80.9 Å². The predicted molar refractivity (Wildman–Crippen MR) is 166 cm³/mol. The Hall–Kier alpha value is -3.59. The van der Waals surface area contributed by atoms with E-state index < -0.39 is 0 Å². The topological polar surface area (TPSA) is 37.6 Å². The lowest BCUT2D eigenvalue weighted by molar-refractivity contribution is 1.16. The van der Waals surface area contributed by atoms with Gasteiger partial charge in [-0.3, -0.25) is 9.98 Å². The van der Waals surface area contributed by atoms with Crippen molar-refractivity contribution in [3.63, 3.8) is 0 Å². The number of hydrogen-bond donors (Lipinski definition) is 0. The molecule has 0 bridgehead atoms. The highest BCUT2D eigenvalue weighted by atomic mass is 14.8. The molecule has 0 aliphatic rings. The first-order chi connectivity index (χ1) is 17.8. The zero-order valence-electron chi connectivity index (χ0n) is 25.2.